The fourth-order valence-electron chi connectivity index (χ4n) is 4.02. The van der Waals surface area contributed by atoms with Gasteiger partial charge in [0.2, 0.25) is 5.95 Å². The molecule has 1 amide bonds. The van der Waals surface area contributed by atoms with E-state index in [2.05, 4.69) is 32.0 Å². The van der Waals surface area contributed by atoms with Crippen molar-refractivity contribution in [1.29, 1.82) is 0 Å². The Hall–Kier alpha value is -3.36. The van der Waals surface area contributed by atoms with Crippen LogP contribution in [0.2, 0.25) is 0 Å². The van der Waals surface area contributed by atoms with Crippen molar-refractivity contribution in [3.63, 3.8) is 0 Å². The second-order valence-corrected chi connectivity index (χ2v) is 7.83. The van der Waals surface area contributed by atoms with Gasteiger partial charge in [0.25, 0.3) is 0 Å². The van der Waals surface area contributed by atoms with Crippen LogP contribution in [-0.4, -0.2) is 62.4 Å². The highest BCUT2D eigenvalue weighted by molar-refractivity contribution is 5.85. The summed E-state index contributed by atoms with van der Waals surface area (Å²) in [5.41, 5.74) is 9.55. The average Bonchev–Trinajstić information content (AvgIpc) is 3.06. The second-order valence-electron chi connectivity index (χ2n) is 7.83. The quantitative estimate of drug-likeness (QED) is 0.623. The van der Waals surface area contributed by atoms with Crippen molar-refractivity contribution in [2.45, 2.75) is 26.3 Å². The summed E-state index contributed by atoms with van der Waals surface area (Å²) in [6, 6.07) is 7.83. The zero-order chi connectivity index (χ0) is 20.7. The molecule has 1 aliphatic heterocycles. The molecule has 4 rings (SSSR count). The van der Waals surface area contributed by atoms with Gasteiger partial charge in [-0.2, -0.15) is 10.1 Å². The molecule has 0 unspecified atom stereocenters. The van der Waals surface area contributed by atoms with Crippen molar-refractivity contribution >= 4 is 28.8 Å². The first-order chi connectivity index (χ1) is 13.8. The maximum atomic E-state index is 11.4. The Bertz CT molecular complexity index is 1060. The van der Waals surface area contributed by atoms with Crippen LogP contribution in [0, 0.1) is 12.8 Å². The number of rotatable bonds is 3. The molecule has 29 heavy (non-hydrogen) atoms. The van der Waals surface area contributed by atoms with Crippen LogP contribution < -0.4 is 10.6 Å². The average molecular weight is 395 g/mol. The van der Waals surface area contributed by atoms with E-state index in [0.29, 0.717) is 18.3 Å². The number of aromatic amines is 1. The number of amides is 1. The van der Waals surface area contributed by atoms with E-state index in [0.717, 1.165) is 40.8 Å². The van der Waals surface area contributed by atoms with E-state index in [1.54, 1.807) is 7.05 Å². The number of H-pyrrole nitrogens is 1. The highest BCUT2D eigenvalue weighted by Gasteiger charge is 2.30. The third-order valence-corrected chi connectivity index (χ3v) is 5.59. The molecule has 3 aromatic rings. The minimum absolute atomic E-state index is 0.0970. The number of aryl methyl sites for hydroxylation is 1. The molecule has 9 heteroatoms. The van der Waals surface area contributed by atoms with Crippen LogP contribution in [0.3, 0.4) is 0 Å². The fraction of sp³-hybridized carbons (Fsp3) is 0.400. The monoisotopic (exact) mass is 395 g/mol. The molecule has 2 aromatic heterocycles. The predicted molar refractivity (Wildman–Crippen MR) is 112 cm³/mol. The molecule has 0 bridgehead atoms. The standard InChI is InChI=1S/C20H25N7O2/c1-11-6-14(26(3)20(28)29)10-27(9-11)18-8-16(22-19(21)23-18)13-4-5-15-12(2)24-25-17(15)7-13/h4-5,7-8,11,14H,6,9-10H2,1-3H3,(H,24,25)(H,28,29)(H2,21,22,23)/t11-,14-/m1/s1. The largest absolute Gasteiger partial charge is 0.465 e. The lowest BCUT2D eigenvalue weighted by Gasteiger charge is -2.40. The van der Waals surface area contributed by atoms with Crippen molar-refractivity contribution in [3.8, 4) is 11.3 Å². The van der Waals surface area contributed by atoms with Gasteiger partial charge in [-0.1, -0.05) is 19.1 Å². The number of nitrogen functional groups attached to an aromatic ring is 1. The van der Waals surface area contributed by atoms with Gasteiger partial charge in [0, 0.05) is 37.2 Å². The topological polar surface area (TPSA) is 124 Å². The summed E-state index contributed by atoms with van der Waals surface area (Å²) in [6.07, 6.45) is -0.0992. The lowest BCUT2D eigenvalue weighted by Crippen LogP contribution is -2.51. The van der Waals surface area contributed by atoms with E-state index in [1.165, 1.54) is 4.90 Å². The van der Waals surface area contributed by atoms with Gasteiger partial charge in [-0.15, -0.1) is 0 Å². The fourth-order valence-corrected chi connectivity index (χ4v) is 4.02. The molecule has 4 N–H and O–H groups in total. The molecule has 0 aliphatic carbocycles. The number of aromatic nitrogens is 4. The molecule has 0 spiro atoms. The molecule has 1 fully saturated rings. The maximum Gasteiger partial charge on any atom is 0.407 e. The Labute approximate surface area is 168 Å². The van der Waals surface area contributed by atoms with Crippen LogP contribution in [0.4, 0.5) is 16.6 Å². The number of carbonyl (C=O) groups is 1. The van der Waals surface area contributed by atoms with E-state index >= 15 is 0 Å². The lowest BCUT2D eigenvalue weighted by molar-refractivity contribution is 0.127. The molecule has 1 aliphatic rings. The summed E-state index contributed by atoms with van der Waals surface area (Å²) in [5, 5.41) is 17.7. The van der Waals surface area contributed by atoms with Gasteiger partial charge >= 0.3 is 6.09 Å². The zero-order valence-corrected chi connectivity index (χ0v) is 16.8. The molecule has 1 saturated heterocycles. The lowest BCUT2D eigenvalue weighted by atomic mass is 9.95. The minimum Gasteiger partial charge on any atom is -0.465 e. The highest BCUT2D eigenvalue weighted by Crippen LogP contribution is 2.29. The maximum absolute atomic E-state index is 11.4. The normalized spacial score (nSPS) is 19.5. The number of benzene rings is 1. The number of piperidine rings is 1. The molecule has 9 nitrogen and oxygen atoms in total. The van der Waals surface area contributed by atoms with Crippen LogP contribution in [0.15, 0.2) is 24.3 Å². The number of anilines is 2. The Kier molecular flexibility index (Phi) is 4.73. The Morgan fingerprint density at radius 2 is 2.10 bits per heavy atom. The van der Waals surface area contributed by atoms with Crippen molar-refractivity contribution in [3.05, 3.63) is 30.0 Å². The van der Waals surface area contributed by atoms with Gasteiger partial charge in [-0.05, 0) is 25.3 Å². The third-order valence-electron chi connectivity index (χ3n) is 5.59. The van der Waals surface area contributed by atoms with Gasteiger partial charge < -0.3 is 20.6 Å². The van der Waals surface area contributed by atoms with Crippen LogP contribution in [-0.2, 0) is 0 Å². The van der Waals surface area contributed by atoms with E-state index < -0.39 is 6.09 Å². The molecule has 3 heterocycles. The summed E-state index contributed by atoms with van der Waals surface area (Å²) in [6.45, 7) is 5.44. The van der Waals surface area contributed by atoms with Crippen LogP contribution in [0.25, 0.3) is 22.2 Å². The van der Waals surface area contributed by atoms with E-state index in [9.17, 15) is 9.90 Å². The van der Waals surface area contributed by atoms with Gasteiger partial charge in [-0.3, -0.25) is 5.10 Å². The zero-order valence-electron chi connectivity index (χ0n) is 16.8. The molecule has 0 radical (unpaired) electrons. The predicted octanol–water partition coefficient (Wildman–Crippen LogP) is 2.74. The van der Waals surface area contributed by atoms with E-state index in [4.69, 9.17) is 5.73 Å². The van der Waals surface area contributed by atoms with Crippen molar-refractivity contribution in [1.82, 2.24) is 25.1 Å². The molecule has 152 valence electrons. The number of nitrogens with two attached hydrogens (primary N) is 1. The van der Waals surface area contributed by atoms with Gasteiger partial charge in [0.1, 0.15) is 5.82 Å². The highest BCUT2D eigenvalue weighted by atomic mass is 16.4. The van der Waals surface area contributed by atoms with Crippen LogP contribution in [0.5, 0.6) is 0 Å². The van der Waals surface area contributed by atoms with Gasteiger partial charge in [-0.25, -0.2) is 9.78 Å². The Morgan fingerprint density at radius 3 is 2.86 bits per heavy atom. The van der Waals surface area contributed by atoms with Gasteiger partial charge in [0.05, 0.1) is 22.9 Å². The first kappa shape index (κ1) is 19.0. The second kappa shape index (κ2) is 7.23. The Balaban J connectivity index is 1.67. The molecule has 2 atom stereocenters. The van der Waals surface area contributed by atoms with E-state index in [-0.39, 0.29) is 12.0 Å². The number of hydrogen-bond donors (Lipinski definition) is 3. The van der Waals surface area contributed by atoms with Crippen molar-refractivity contribution < 1.29 is 9.90 Å². The first-order valence-corrected chi connectivity index (χ1v) is 9.62. The van der Waals surface area contributed by atoms with Crippen molar-refractivity contribution in [2.24, 2.45) is 5.92 Å². The summed E-state index contributed by atoms with van der Waals surface area (Å²) < 4.78 is 0. The third kappa shape index (κ3) is 3.67. The summed E-state index contributed by atoms with van der Waals surface area (Å²) in [7, 11) is 1.62. The molecule has 0 saturated carbocycles. The van der Waals surface area contributed by atoms with E-state index in [1.807, 2.05) is 31.2 Å². The first-order valence-electron chi connectivity index (χ1n) is 9.62. The number of fused-ring (bicyclic) bond motifs is 1. The minimum atomic E-state index is -0.921. The summed E-state index contributed by atoms with van der Waals surface area (Å²) >= 11 is 0. The molecule has 1 aromatic carbocycles. The number of nitrogens with one attached hydrogen (secondary N) is 1. The van der Waals surface area contributed by atoms with Crippen LogP contribution >= 0.6 is 0 Å². The van der Waals surface area contributed by atoms with Crippen LogP contribution in [0.1, 0.15) is 19.0 Å². The Morgan fingerprint density at radius 1 is 1.31 bits per heavy atom. The molecular formula is C20H25N7O2. The molecular weight excluding hydrogens is 370 g/mol. The number of hydrogen-bond acceptors (Lipinski definition) is 6. The SMILES string of the molecule is Cc1n[nH]c2cc(-c3cc(N4C[C@H](C)C[C@@H](N(C)C(=O)O)C4)nc(N)n3)ccc12. The number of likely N-dealkylation sites (N-methyl/N-ethyl adjacent to an activating group) is 1. The summed E-state index contributed by atoms with van der Waals surface area (Å²) in [5.74, 6) is 1.24. The van der Waals surface area contributed by atoms with Crippen molar-refractivity contribution in [2.75, 3.05) is 30.8 Å². The number of carboxylic acid groups (broad SMARTS) is 1. The number of nitrogens with zero attached hydrogens (tertiary/aromatic N) is 5. The smallest absolute Gasteiger partial charge is 0.407 e. The summed E-state index contributed by atoms with van der Waals surface area (Å²) in [4.78, 5) is 23.7. The van der Waals surface area contributed by atoms with Gasteiger partial charge in [0.15, 0.2) is 0 Å².